The Hall–Kier alpha value is -4.33. The molecule has 3 aromatic carbocycles. The van der Waals surface area contributed by atoms with E-state index in [0.29, 0.717) is 29.4 Å². The first-order chi connectivity index (χ1) is 16.3. The maximum absolute atomic E-state index is 13.4. The highest BCUT2D eigenvalue weighted by atomic mass is 16.6. The number of rotatable bonds is 4. The number of imide groups is 1. The van der Waals surface area contributed by atoms with Gasteiger partial charge in [0, 0.05) is 17.5 Å². The largest absolute Gasteiger partial charge is 0.280 e. The lowest BCUT2D eigenvalue weighted by Crippen LogP contribution is -2.53. The molecule has 0 aromatic heterocycles. The monoisotopic (exact) mass is 455 g/mol. The molecule has 2 aliphatic rings. The van der Waals surface area contributed by atoms with Gasteiger partial charge in [0.2, 0.25) is 5.91 Å². The lowest BCUT2D eigenvalue weighted by atomic mass is 9.75. The molecule has 0 saturated carbocycles. The Morgan fingerprint density at radius 3 is 2.21 bits per heavy atom. The van der Waals surface area contributed by atoms with Crippen molar-refractivity contribution in [2.75, 3.05) is 0 Å². The van der Waals surface area contributed by atoms with Gasteiger partial charge >= 0.3 is 0 Å². The van der Waals surface area contributed by atoms with E-state index in [-0.39, 0.29) is 11.6 Å². The molecule has 0 unspecified atom stereocenters. The number of benzene rings is 3. The summed E-state index contributed by atoms with van der Waals surface area (Å²) < 4.78 is 0. The van der Waals surface area contributed by atoms with Crippen LogP contribution in [-0.2, 0) is 4.79 Å². The summed E-state index contributed by atoms with van der Waals surface area (Å²) in [6, 6.07) is 16.6. The van der Waals surface area contributed by atoms with Crippen LogP contribution in [0.4, 0.5) is 5.69 Å². The predicted molar refractivity (Wildman–Crippen MR) is 125 cm³/mol. The van der Waals surface area contributed by atoms with Crippen molar-refractivity contribution >= 4 is 34.2 Å². The van der Waals surface area contributed by atoms with Gasteiger partial charge in [0.05, 0.1) is 22.0 Å². The van der Waals surface area contributed by atoms with Gasteiger partial charge < -0.3 is 0 Å². The molecule has 8 heteroatoms. The van der Waals surface area contributed by atoms with Crippen molar-refractivity contribution < 1.29 is 19.3 Å². The summed E-state index contributed by atoms with van der Waals surface area (Å²) in [5, 5.41) is 13.2. The number of nitrogens with zero attached hydrogens (tertiary/aromatic N) is 2. The number of amides is 3. The second-order valence-electron chi connectivity index (χ2n) is 8.68. The molecule has 0 saturated heterocycles. The summed E-state index contributed by atoms with van der Waals surface area (Å²) in [7, 11) is 0. The number of non-ortho nitro benzene ring substituents is 1. The predicted octanol–water partition coefficient (Wildman–Crippen LogP) is 4.52. The van der Waals surface area contributed by atoms with Crippen molar-refractivity contribution in [1.82, 2.24) is 10.4 Å². The lowest BCUT2D eigenvalue weighted by molar-refractivity contribution is -0.384. The van der Waals surface area contributed by atoms with E-state index in [1.807, 2.05) is 25.1 Å². The number of hydrazine groups is 1. The van der Waals surface area contributed by atoms with Crippen molar-refractivity contribution in [3.63, 3.8) is 0 Å². The van der Waals surface area contributed by atoms with Crippen molar-refractivity contribution in [3.05, 3.63) is 99.1 Å². The second kappa shape index (κ2) is 8.22. The summed E-state index contributed by atoms with van der Waals surface area (Å²) in [5.41, 5.74) is 5.18. The van der Waals surface area contributed by atoms with Gasteiger partial charge in [-0.25, -0.2) is 0 Å². The first-order valence-electron chi connectivity index (χ1n) is 11.0. The molecule has 1 N–H and O–H groups in total. The average Bonchev–Trinajstić information content (AvgIpc) is 2.85. The highest BCUT2D eigenvalue weighted by Gasteiger charge is 2.38. The minimum Gasteiger partial charge on any atom is -0.273 e. The van der Waals surface area contributed by atoms with Crippen LogP contribution in [0, 0.1) is 16.0 Å². The SMILES string of the molecule is CC1=CC[C@H](C(=O)NN2C(=O)c3cccc4cccc(c34)C2=O)[C@H](c2ccc([N+](=O)[O-])cc2)C1. The number of carbonyl (C=O) groups is 3. The van der Waals surface area contributed by atoms with Gasteiger partial charge in [0.15, 0.2) is 0 Å². The zero-order chi connectivity index (χ0) is 24.0. The zero-order valence-corrected chi connectivity index (χ0v) is 18.4. The molecule has 0 fully saturated rings. The van der Waals surface area contributed by atoms with E-state index in [9.17, 15) is 24.5 Å². The molecular formula is C26H21N3O5. The number of carbonyl (C=O) groups excluding carboxylic acids is 3. The number of nitro benzene ring substituents is 1. The number of nitro groups is 1. The van der Waals surface area contributed by atoms with E-state index >= 15 is 0 Å². The van der Waals surface area contributed by atoms with Crippen LogP contribution in [-0.4, -0.2) is 27.7 Å². The molecule has 8 nitrogen and oxygen atoms in total. The van der Waals surface area contributed by atoms with E-state index < -0.39 is 28.6 Å². The molecule has 34 heavy (non-hydrogen) atoms. The van der Waals surface area contributed by atoms with Crippen LogP contribution in [0.5, 0.6) is 0 Å². The van der Waals surface area contributed by atoms with Crippen molar-refractivity contribution in [2.24, 2.45) is 5.92 Å². The van der Waals surface area contributed by atoms with Crippen LogP contribution in [0.15, 0.2) is 72.3 Å². The summed E-state index contributed by atoms with van der Waals surface area (Å²) in [5.74, 6) is -2.37. The van der Waals surface area contributed by atoms with Gasteiger partial charge in [-0.1, -0.05) is 48.0 Å². The molecule has 3 amide bonds. The Balaban J connectivity index is 1.44. The molecule has 0 spiro atoms. The standard InChI is InChI=1S/C26H21N3O5/c1-15-8-13-19(22(14-15)16-9-11-18(12-10-16)29(33)34)24(30)27-28-25(31)20-6-2-4-17-5-3-7-21(23(17)20)26(28)32/h2-12,19,22H,13-14H2,1H3,(H,27,30)/t19-,22-/m0/s1. The molecule has 3 aromatic rings. The van der Waals surface area contributed by atoms with E-state index in [4.69, 9.17) is 0 Å². The van der Waals surface area contributed by atoms with Crippen molar-refractivity contribution in [3.8, 4) is 0 Å². The minimum absolute atomic E-state index is 0.0230. The van der Waals surface area contributed by atoms with Crippen LogP contribution in [0.25, 0.3) is 10.8 Å². The van der Waals surface area contributed by atoms with Gasteiger partial charge in [-0.05, 0) is 48.8 Å². The topological polar surface area (TPSA) is 110 Å². The number of hydrogen-bond acceptors (Lipinski definition) is 5. The summed E-state index contributed by atoms with van der Waals surface area (Å²) in [6.07, 6.45) is 3.00. The Morgan fingerprint density at radius 2 is 1.62 bits per heavy atom. The van der Waals surface area contributed by atoms with E-state index in [1.54, 1.807) is 36.4 Å². The Bertz CT molecular complexity index is 1340. The van der Waals surface area contributed by atoms with Crippen LogP contribution in [0.1, 0.15) is 52.0 Å². The first-order valence-corrected chi connectivity index (χ1v) is 11.0. The fourth-order valence-corrected chi connectivity index (χ4v) is 4.87. The molecule has 1 aliphatic heterocycles. The van der Waals surface area contributed by atoms with Gasteiger partial charge in [0.1, 0.15) is 0 Å². The first kappa shape index (κ1) is 21.5. The average molecular weight is 455 g/mol. The molecule has 0 bridgehead atoms. The highest BCUT2D eigenvalue weighted by Crippen LogP contribution is 2.38. The third-order valence-electron chi connectivity index (χ3n) is 6.61. The molecule has 1 aliphatic carbocycles. The number of hydrogen-bond donors (Lipinski definition) is 1. The molecule has 0 radical (unpaired) electrons. The lowest BCUT2D eigenvalue weighted by Gasteiger charge is -2.33. The Morgan fingerprint density at radius 1 is 1.00 bits per heavy atom. The maximum Gasteiger partial charge on any atom is 0.280 e. The van der Waals surface area contributed by atoms with Gasteiger partial charge in [0.25, 0.3) is 17.5 Å². The minimum atomic E-state index is -0.572. The summed E-state index contributed by atoms with van der Waals surface area (Å²) in [6.45, 7) is 1.97. The molecule has 1 heterocycles. The van der Waals surface area contributed by atoms with Gasteiger partial charge in [-0.2, -0.15) is 5.01 Å². The number of allylic oxidation sites excluding steroid dienone is 2. The number of nitrogens with one attached hydrogen (secondary N) is 1. The Kier molecular flexibility index (Phi) is 5.20. The normalized spacial score (nSPS) is 19.7. The van der Waals surface area contributed by atoms with Crippen LogP contribution in [0.3, 0.4) is 0 Å². The van der Waals surface area contributed by atoms with Crippen LogP contribution in [0.2, 0.25) is 0 Å². The zero-order valence-electron chi connectivity index (χ0n) is 18.4. The fourth-order valence-electron chi connectivity index (χ4n) is 4.87. The van der Waals surface area contributed by atoms with Gasteiger partial charge in [-0.15, -0.1) is 0 Å². The molecule has 2 atom stereocenters. The third kappa shape index (κ3) is 3.53. The third-order valence-corrected chi connectivity index (χ3v) is 6.61. The Labute approximate surface area is 195 Å². The highest BCUT2D eigenvalue weighted by molar-refractivity contribution is 6.25. The quantitative estimate of drug-likeness (QED) is 0.269. The summed E-state index contributed by atoms with van der Waals surface area (Å²) in [4.78, 5) is 50.2. The maximum atomic E-state index is 13.4. The van der Waals surface area contributed by atoms with Crippen molar-refractivity contribution in [1.29, 1.82) is 0 Å². The molecule has 170 valence electrons. The smallest absolute Gasteiger partial charge is 0.273 e. The van der Waals surface area contributed by atoms with E-state index in [2.05, 4.69) is 5.43 Å². The van der Waals surface area contributed by atoms with E-state index in [0.717, 1.165) is 21.5 Å². The molecular weight excluding hydrogens is 434 g/mol. The van der Waals surface area contributed by atoms with E-state index in [1.165, 1.54) is 12.1 Å². The summed E-state index contributed by atoms with van der Waals surface area (Å²) >= 11 is 0. The fraction of sp³-hybridized carbons (Fsp3) is 0.192. The second-order valence-corrected chi connectivity index (χ2v) is 8.68. The van der Waals surface area contributed by atoms with Crippen molar-refractivity contribution in [2.45, 2.75) is 25.7 Å². The molecule has 5 rings (SSSR count). The van der Waals surface area contributed by atoms with Crippen LogP contribution < -0.4 is 5.43 Å². The van der Waals surface area contributed by atoms with Gasteiger partial charge in [-0.3, -0.25) is 29.9 Å². The van der Waals surface area contributed by atoms with Crippen LogP contribution >= 0.6 is 0 Å².